The third-order valence-corrected chi connectivity index (χ3v) is 3.02. The number of carbonyl (C=O) groups is 1. The molecule has 0 amide bonds. The Bertz CT molecular complexity index is 588. The molecule has 1 aromatic carbocycles. The Morgan fingerprint density at radius 2 is 1.94 bits per heavy atom. The topological polar surface area (TPSA) is 42.2 Å². The van der Waals surface area contributed by atoms with Crippen LogP contribution in [0.4, 0.5) is 0 Å². The van der Waals surface area contributed by atoms with Crippen molar-refractivity contribution < 1.29 is 9.90 Å². The number of aryl methyl sites for hydroxylation is 1. The molecule has 0 bridgehead atoms. The minimum absolute atomic E-state index is 0.0736. The van der Waals surface area contributed by atoms with Crippen LogP contribution in [0.25, 0.3) is 10.9 Å². The molecule has 0 aliphatic heterocycles. The highest BCUT2D eigenvalue weighted by Crippen LogP contribution is 2.31. The summed E-state index contributed by atoms with van der Waals surface area (Å²) >= 11 is 0. The molecule has 3 nitrogen and oxygen atoms in total. The van der Waals surface area contributed by atoms with Crippen molar-refractivity contribution in [1.82, 2.24) is 4.57 Å². The maximum Gasteiger partial charge on any atom is 0.335 e. The van der Waals surface area contributed by atoms with Gasteiger partial charge < -0.3 is 9.67 Å². The van der Waals surface area contributed by atoms with Gasteiger partial charge in [0, 0.05) is 18.6 Å². The summed E-state index contributed by atoms with van der Waals surface area (Å²) in [5.41, 5.74) is 2.46. The van der Waals surface area contributed by atoms with Gasteiger partial charge in [-0.2, -0.15) is 0 Å². The summed E-state index contributed by atoms with van der Waals surface area (Å²) < 4.78 is 2.04. The monoisotopic (exact) mass is 231 g/mol. The Kier molecular flexibility index (Phi) is 2.49. The minimum Gasteiger partial charge on any atom is -0.478 e. The van der Waals surface area contributed by atoms with Gasteiger partial charge in [0.15, 0.2) is 0 Å². The van der Waals surface area contributed by atoms with Gasteiger partial charge in [-0.25, -0.2) is 4.79 Å². The van der Waals surface area contributed by atoms with Gasteiger partial charge in [0.2, 0.25) is 0 Å². The van der Waals surface area contributed by atoms with E-state index in [4.69, 9.17) is 5.11 Å². The van der Waals surface area contributed by atoms with E-state index in [1.807, 2.05) is 23.9 Å². The lowest BCUT2D eigenvalue weighted by Gasteiger charge is -2.21. The van der Waals surface area contributed by atoms with E-state index in [9.17, 15) is 4.79 Å². The third-order valence-electron chi connectivity index (χ3n) is 3.02. The fourth-order valence-corrected chi connectivity index (χ4v) is 2.14. The van der Waals surface area contributed by atoms with Crippen LogP contribution in [0.1, 0.15) is 36.7 Å². The Balaban J connectivity index is 2.86. The van der Waals surface area contributed by atoms with Crippen LogP contribution in [-0.2, 0) is 12.5 Å². The van der Waals surface area contributed by atoms with E-state index >= 15 is 0 Å². The van der Waals surface area contributed by atoms with E-state index in [2.05, 4.69) is 20.8 Å². The van der Waals surface area contributed by atoms with Crippen molar-refractivity contribution in [2.75, 3.05) is 0 Å². The van der Waals surface area contributed by atoms with E-state index in [1.54, 1.807) is 12.1 Å². The predicted molar refractivity (Wildman–Crippen MR) is 68.6 cm³/mol. The molecular weight excluding hydrogens is 214 g/mol. The summed E-state index contributed by atoms with van der Waals surface area (Å²) in [4.78, 5) is 11.1. The van der Waals surface area contributed by atoms with E-state index in [0.717, 1.165) is 16.5 Å². The summed E-state index contributed by atoms with van der Waals surface area (Å²) in [7, 11) is 1.98. The number of fused-ring (bicyclic) bond motifs is 1. The summed E-state index contributed by atoms with van der Waals surface area (Å²) in [6.45, 7) is 6.29. The SMILES string of the molecule is Cn1ccc2cc(C(=O)O)cc(C(C)(C)C)c21. The van der Waals surface area contributed by atoms with Crippen LogP contribution >= 0.6 is 0 Å². The number of nitrogens with zero attached hydrogens (tertiary/aromatic N) is 1. The Labute approximate surface area is 101 Å². The summed E-state index contributed by atoms with van der Waals surface area (Å²) in [6, 6.07) is 5.47. The first kappa shape index (κ1) is 11.7. The molecule has 0 radical (unpaired) electrons. The van der Waals surface area contributed by atoms with Gasteiger partial charge in [-0.05, 0) is 29.2 Å². The molecular formula is C14H17NO2. The second-order valence-corrected chi connectivity index (χ2v) is 5.44. The van der Waals surface area contributed by atoms with Crippen LogP contribution in [0.5, 0.6) is 0 Å². The number of rotatable bonds is 1. The maximum absolute atomic E-state index is 11.1. The number of benzene rings is 1. The molecule has 17 heavy (non-hydrogen) atoms. The Morgan fingerprint density at radius 1 is 1.29 bits per heavy atom. The molecule has 0 fully saturated rings. The van der Waals surface area contributed by atoms with Crippen LogP contribution in [0.2, 0.25) is 0 Å². The third kappa shape index (κ3) is 1.93. The first-order chi connectivity index (χ1) is 7.80. The molecule has 90 valence electrons. The molecule has 0 saturated heterocycles. The molecule has 0 saturated carbocycles. The average Bonchev–Trinajstić information content (AvgIpc) is 2.58. The molecule has 0 spiro atoms. The molecule has 0 unspecified atom stereocenters. The molecule has 3 heteroatoms. The van der Waals surface area contributed by atoms with Gasteiger partial charge in [0.05, 0.1) is 11.1 Å². The number of carboxylic acid groups (broad SMARTS) is 1. The molecule has 1 aromatic heterocycles. The number of hydrogen-bond acceptors (Lipinski definition) is 1. The molecule has 0 atom stereocenters. The van der Waals surface area contributed by atoms with E-state index in [0.29, 0.717) is 5.56 Å². The lowest BCUT2D eigenvalue weighted by Crippen LogP contribution is -2.14. The van der Waals surface area contributed by atoms with Gasteiger partial charge >= 0.3 is 5.97 Å². The largest absolute Gasteiger partial charge is 0.478 e. The van der Waals surface area contributed by atoms with Crippen LogP contribution in [0.3, 0.4) is 0 Å². The van der Waals surface area contributed by atoms with Crippen molar-refractivity contribution >= 4 is 16.9 Å². The summed E-state index contributed by atoms with van der Waals surface area (Å²) in [6.07, 6.45) is 1.96. The molecule has 2 aromatic rings. The lowest BCUT2D eigenvalue weighted by atomic mass is 9.84. The summed E-state index contributed by atoms with van der Waals surface area (Å²) in [5.74, 6) is -0.874. The van der Waals surface area contributed by atoms with Gasteiger partial charge in [0.1, 0.15) is 0 Å². The molecule has 0 aliphatic rings. The first-order valence-corrected chi connectivity index (χ1v) is 5.63. The van der Waals surface area contributed by atoms with E-state index < -0.39 is 5.97 Å². The van der Waals surface area contributed by atoms with Crippen LogP contribution < -0.4 is 0 Å². The first-order valence-electron chi connectivity index (χ1n) is 5.63. The standard InChI is InChI=1S/C14H17NO2/c1-14(2,3)11-8-10(13(16)17)7-9-5-6-15(4)12(9)11/h5-8H,1-4H3,(H,16,17). The lowest BCUT2D eigenvalue weighted by molar-refractivity contribution is 0.0697. The van der Waals surface area contributed by atoms with Crippen molar-refractivity contribution in [3.8, 4) is 0 Å². The second-order valence-electron chi connectivity index (χ2n) is 5.44. The predicted octanol–water partition coefficient (Wildman–Crippen LogP) is 3.17. The maximum atomic E-state index is 11.1. The molecule has 0 aliphatic carbocycles. The highest BCUT2D eigenvalue weighted by molar-refractivity contribution is 5.95. The number of carboxylic acids is 1. The van der Waals surface area contributed by atoms with Gasteiger partial charge in [-0.1, -0.05) is 20.8 Å². The van der Waals surface area contributed by atoms with E-state index in [1.165, 1.54) is 0 Å². The fraction of sp³-hybridized carbons (Fsp3) is 0.357. The van der Waals surface area contributed by atoms with Gasteiger partial charge in [-0.15, -0.1) is 0 Å². The molecule has 1 heterocycles. The highest BCUT2D eigenvalue weighted by atomic mass is 16.4. The number of aromatic carboxylic acids is 1. The van der Waals surface area contributed by atoms with Gasteiger partial charge in [0.25, 0.3) is 0 Å². The Hall–Kier alpha value is -1.77. The average molecular weight is 231 g/mol. The van der Waals surface area contributed by atoms with Gasteiger partial charge in [-0.3, -0.25) is 0 Å². The number of hydrogen-bond donors (Lipinski definition) is 1. The van der Waals surface area contributed by atoms with E-state index in [-0.39, 0.29) is 5.41 Å². The highest BCUT2D eigenvalue weighted by Gasteiger charge is 2.21. The zero-order valence-corrected chi connectivity index (χ0v) is 10.6. The molecule has 2 rings (SSSR count). The van der Waals surface area contributed by atoms with Crippen LogP contribution in [0.15, 0.2) is 24.4 Å². The summed E-state index contributed by atoms with van der Waals surface area (Å²) in [5, 5.41) is 10.1. The van der Waals surface area contributed by atoms with Crippen molar-refractivity contribution in [2.24, 2.45) is 7.05 Å². The van der Waals surface area contributed by atoms with Crippen molar-refractivity contribution in [2.45, 2.75) is 26.2 Å². The fourth-order valence-electron chi connectivity index (χ4n) is 2.14. The van der Waals surface area contributed by atoms with Crippen LogP contribution in [0, 0.1) is 0 Å². The zero-order chi connectivity index (χ0) is 12.8. The quantitative estimate of drug-likeness (QED) is 0.819. The number of aromatic nitrogens is 1. The van der Waals surface area contributed by atoms with Crippen molar-refractivity contribution in [3.05, 3.63) is 35.5 Å². The second kappa shape index (κ2) is 3.62. The smallest absolute Gasteiger partial charge is 0.335 e. The molecule has 1 N–H and O–H groups in total. The Morgan fingerprint density at radius 3 is 2.47 bits per heavy atom. The zero-order valence-electron chi connectivity index (χ0n) is 10.6. The minimum atomic E-state index is -0.874. The normalized spacial score (nSPS) is 12.0. The van der Waals surface area contributed by atoms with Crippen LogP contribution in [-0.4, -0.2) is 15.6 Å². The van der Waals surface area contributed by atoms with Crippen molar-refractivity contribution in [1.29, 1.82) is 0 Å². The van der Waals surface area contributed by atoms with Crippen molar-refractivity contribution in [3.63, 3.8) is 0 Å².